The first-order chi connectivity index (χ1) is 7.66. The Kier molecular flexibility index (Phi) is 3.27. The number of aromatic amines is 1. The summed E-state index contributed by atoms with van der Waals surface area (Å²) >= 11 is 5.79. The molecule has 4 heteroatoms. The lowest BCUT2D eigenvalue weighted by molar-refractivity contribution is 0.173. The molecule has 1 atom stereocenters. The van der Waals surface area contributed by atoms with Gasteiger partial charge in [-0.3, -0.25) is 0 Å². The highest BCUT2D eigenvalue weighted by molar-refractivity contribution is 6.30. The lowest BCUT2D eigenvalue weighted by Gasteiger charge is -2.09. The summed E-state index contributed by atoms with van der Waals surface area (Å²) < 4.78 is 0. The maximum absolute atomic E-state index is 10.00. The van der Waals surface area contributed by atoms with Gasteiger partial charge in [0, 0.05) is 17.1 Å². The molecule has 2 aromatic rings. The van der Waals surface area contributed by atoms with Crippen molar-refractivity contribution in [2.24, 2.45) is 0 Å². The number of hydrogen-bond acceptors (Lipinski definition) is 2. The van der Waals surface area contributed by atoms with E-state index in [-0.39, 0.29) is 0 Å². The van der Waals surface area contributed by atoms with Gasteiger partial charge in [-0.15, -0.1) is 0 Å². The molecule has 1 heterocycles. The van der Waals surface area contributed by atoms with E-state index in [4.69, 9.17) is 11.6 Å². The number of halogens is 1. The third kappa shape index (κ3) is 2.43. The fraction of sp³-hybridized carbons (Fsp3) is 0.250. The molecule has 0 aliphatic heterocycles. The van der Waals surface area contributed by atoms with Gasteiger partial charge in [-0.2, -0.15) is 0 Å². The van der Waals surface area contributed by atoms with Crippen LogP contribution in [-0.4, -0.2) is 15.1 Å². The Morgan fingerprint density at radius 1 is 1.38 bits per heavy atom. The van der Waals surface area contributed by atoms with Gasteiger partial charge in [0.2, 0.25) is 0 Å². The van der Waals surface area contributed by atoms with Crippen molar-refractivity contribution >= 4 is 11.6 Å². The Morgan fingerprint density at radius 2 is 2.06 bits per heavy atom. The number of nitrogens with zero attached hydrogens (tertiary/aromatic N) is 1. The van der Waals surface area contributed by atoms with E-state index in [2.05, 4.69) is 9.97 Å². The SMILES string of the molecule is Cc1[nH]cnc1C(O)Cc1ccc(Cl)cc1. The predicted molar refractivity (Wildman–Crippen MR) is 63.4 cm³/mol. The van der Waals surface area contributed by atoms with Gasteiger partial charge in [0.25, 0.3) is 0 Å². The maximum atomic E-state index is 10.00. The van der Waals surface area contributed by atoms with Crippen LogP contribution in [0.15, 0.2) is 30.6 Å². The average Bonchev–Trinajstić information content (AvgIpc) is 2.68. The molecule has 84 valence electrons. The van der Waals surface area contributed by atoms with E-state index >= 15 is 0 Å². The van der Waals surface area contributed by atoms with E-state index in [0.717, 1.165) is 11.3 Å². The Bertz CT molecular complexity index is 464. The number of nitrogens with one attached hydrogen (secondary N) is 1. The van der Waals surface area contributed by atoms with Crippen molar-refractivity contribution in [3.8, 4) is 0 Å². The van der Waals surface area contributed by atoms with Gasteiger partial charge in [0.05, 0.1) is 12.0 Å². The first-order valence-electron chi connectivity index (χ1n) is 5.09. The zero-order chi connectivity index (χ0) is 11.5. The summed E-state index contributed by atoms with van der Waals surface area (Å²) in [4.78, 5) is 7.05. The molecule has 1 aromatic carbocycles. The van der Waals surface area contributed by atoms with Crippen LogP contribution < -0.4 is 0 Å². The first-order valence-corrected chi connectivity index (χ1v) is 5.47. The van der Waals surface area contributed by atoms with Crippen LogP contribution in [0.3, 0.4) is 0 Å². The van der Waals surface area contributed by atoms with E-state index in [9.17, 15) is 5.11 Å². The molecular weight excluding hydrogens is 224 g/mol. The summed E-state index contributed by atoms with van der Waals surface area (Å²) in [5, 5.41) is 10.7. The molecule has 0 bridgehead atoms. The number of aromatic nitrogens is 2. The third-order valence-corrected chi connectivity index (χ3v) is 2.78. The van der Waals surface area contributed by atoms with Crippen molar-refractivity contribution < 1.29 is 5.11 Å². The monoisotopic (exact) mass is 236 g/mol. The molecule has 0 spiro atoms. The van der Waals surface area contributed by atoms with Gasteiger partial charge >= 0.3 is 0 Å². The second-order valence-electron chi connectivity index (χ2n) is 3.76. The van der Waals surface area contributed by atoms with Crippen LogP contribution in [0.1, 0.15) is 23.1 Å². The number of imidazole rings is 1. The molecule has 2 N–H and O–H groups in total. The predicted octanol–water partition coefficient (Wildman–Crippen LogP) is 2.65. The van der Waals surface area contributed by atoms with E-state index in [0.29, 0.717) is 17.1 Å². The molecule has 0 aliphatic rings. The normalized spacial score (nSPS) is 12.7. The van der Waals surface area contributed by atoms with Crippen LogP contribution >= 0.6 is 11.6 Å². The van der Waals surface area contributed by atoms with Gasteiger partial charge in [-0.25, -0.2) is 4.98 Å². The van der Waals surface area contributed by atoms with E-state index in [1.54, 1.807) is 6.33 Å². The number of hydrogen-bond donors (Lipinski definition) is 2. The van der Waals surface area contributed by atoms with Crippen LogP contribution in [0.4, 0.5) is 0 Å². The van der Waals surface area contributed by atoms with Crippen molar-refractivity contribution in [3.05, 3.63) is 52.6 Å². The van der Waals surface area contributed by atoms with E-state index < -0.39 is 6.10 Å². The average molecular weight is 237 g/mol. The summed E-state index contributed by atoms with van der Waals surface area (Å²) in [5.41, 5.74) is 2.65. The summed E-state index contributed by atoms with van der Waals surface area (Å²) in [5.74, 6) is 0. The van der Waals surface area contributed by atoms with Gasteiger partial charge in [-0.1, -0.05) is 23.7 Å². The number of aliphatic hydroxyl groups is 1. The maximum Gasteiger partial charge on any atom is 0.102 e. The van der Waals surface area contributed by atoms with E-state index in [1.807, 2.05) is 31.2 Å². The molecular formula is C12H13ClN2O. The molecule has 16 heavy (non-hydrogen) atoms. The molecule has 2 rings (SSSR count). The van der Waals surface area contributed by atoms with Gasteiger partial charge in [-0.05, 0) is 24.6 Å². The van der Waals surface area contributed by atoms with Gasteiger partial charge in [0.1, 0.15) is 6.10 Å². The number of aryl methyl sites for hydroxylation is 1. The topological polar surface area (TPSA) is 48.9 Å². The molecule has 0 amide bonds. The van der Waals surface area contributed by atoms with Crippen LogP contribution in [0.2, 0.25) is 5.02 Å². The van der Waals surface area contributed by atoms with Gasteiger partial charge in [0.15, 0.2) is 0 Å². The highest BCUT2D eigenvalue weighted by Crippen LogP contribution is 2.19. The zero-order valence-corrected chi connectivity index (χ0v) is 9.70. The second kappa shape index (κ2) is 4.68. The fourth-order valence-corrected chi connectivity index (χ4v) is 1.77. The Labute approximate surface area is 99.1 Å². The minimum Gasteiger partial charge on any atom is -0.386 e. The number of benzene rings is 1. The third-order valence-electron chi connectivity index (χ3n) is 2.53. The molecule has 3 nitrogen and oxygen atoms in total. The summed E-state index contributed by atoms with van der Waals surface area (Å²) in [6, 6.07) is 7.46. The van der Waals surface area contributed by atoms with Crippen LogP contribution in [-0.2, 0) is 6.42 Å². The van der Waals surface area contributed by atoms with Crippen LogP contribution in [0, 0.1) is 6.92 Å². The number of aliphatic hydroxyl groups excluding tert-OH is 1. The summed E-state index contributed by atoms with van der Waals surface area (Å²) in [6.07, 6.45) is 1.56. The van der Waals surface area contributed by atoms with Crippen molar-refractivity contribution in [3.63, 3.8) is 0 Å². The van der Waals surface area contributed by atoms with Crippen molar-refractivity contribution in [1.29, 1.82) is 0 Å². The Morgan fingerprint density at radius 3 is 2.62 bits per heavy atom. The smallest absolute Gasteiger partial charge is 0.102 e. The van der Waals surface area contributed by atoms with E-state index in [1.165, 1.54) is 0 Å². The van der Waals surface area contributed by atoms with Crippen molar-refractivity contribution in [2.75, 3.05) is 0 Å². The second-order valence-corrected chi connectivity index (χ2v) is 4.20. The standard InChI is InChI=1S/C12H13ClN2O/c1-8-12(15-7-14-8)11(16)6-9-2-4-10(13)5-3-9/h2-5,7,11,16H,6H2,1H3,(H,14,15). The minimum absolute atomic E-state index is 0.545. The quantitative estimate of drug-likeness (QED) is 0.861. The zero-order valence-electron chi connectivity index (χ0n) is 8.94. The van der Waals surface area contributed by atoms with Crippen molar-refractivity contribution in [2.45, 2.75) is 19.4 Å². The van der Waals surface area contributed by atoms with Crippen LogP contribution in [0.5, 0.6) is 0 Å². The summed E-state index contributed by atoms with van der Waals surface area (Å²) in [6.45, 7) is 1.90. The highest BCUT2D eigenvalue weighted by atomic mass is 35.5. The Hall–Kier alpha value is -1.32. The molecule has 1 unspecified atom stereocenters. The van der Waals surface area contributed by atoms with Crippen LogP contribution in [0.25, 0.3) is 0 Å². The van der Waals surface area contributed by atoms with Gasteiger partial charge < -0.3 is 10.1 Å². The number of rotatable bonds is 3. The lowest BCUT2D eigenvalue weighted by Crippen LogP contribution is -2.03. The molecule has 0 aliphatic carbocycles. The minimum atomic E-state index is -0.576. The molecule has 0 saturated heterocycles. The molecule has 0 saturated carbocycles. The molecule has 0 fully saturated rings. The molecule has 1 aromatic heterocycles. The lowest BCUT2D eigenvalue weighted by atomic mass is 10.1. The largest absolute Gasteiger partial charge is 0.386 e. The Balaban J connectivity index is 2.10. The fourth-order valence-electron chi connectivity index (χ4n) is 1.65. The number of H-pyrrole nitrogens is 1. The first kappa shape index (κ1) is 11.2. The van der Waals surface area contributed by atoms with Crippen molar-refractivity contribution in [1.82, 2.24) is 9.97 Å². The highest BCUT2D eigenvalue weighted by Gasteiger charge is 2.13. The summed E-state index contributed by atoms with van der Waals surface area (Å²) in [7, 11) is 0. The molecule has 0 radical (unpaired) electrons.